The molecule has 0 unspecified atom stereocenters. The Bertz CT molecular complexity index is 1640. The third-order valence-corrected chi connectivity index (χ3v) is 7.96. The molecule has 1 saturated carbocycles. The number of halogens is 3. The lowest BCUT2D eigenvalue weighted by atomic mass is 10.0. The number of ether oxygens (including phenoxy) is 1. The van der Waals surface area contributed by atoms with Crippen LogP contribution in [0.3, 0.4) is 0 Å². The Morgan fingerprint density at radius 2 is 1.82 bits per heavy atom. The molecule has 1 saturated heterocycles. The van der Waals surface area contributed by atoms with Crippen molar-refractivity contribution in [1.82, 2.24) is 20.4 Å². The van der Waals surface area contributed by atoms with Crippen LogP contribution in [0.2, 0.25) is 0 Å². The summed E-state index contributed by atoms with van der Waals surface area (Å²) in [6.07, 6.45) is -1.16. The Kier molecular flexibility index (Phi) is 8.28. The van der Waals surface area contributed by atoms with Crippen molar-refractivity contribution in [3.8, 4) is 5.75 Å². The minimum absolute atomic E-state index is 0.0299. The number of nitrogens with one attached hydrogen (secondary N) is 3. The molecule has 2 fully saturated rings. The standard InChI is InChI=1S/C32H33F3N6O3/c1-40-11-13-41(14-12-40)18-22-7-8-23(16-27(22)32(33,34)35)38-31(43)26-4-2-3-21-15-24(9-10-25(21)26)44-29-17-28(36-19-37-29)39-30(42)20-5-6-20/h2-4,7-10,15-17,20,36H,5-6,11-14,18-19H2,1H3,(H,38,43)(H,39,42). The fraction of sp³-hybridized carbons (Fsp3) is 0.344. The monoisotopic (exact) mass is 606 g/mol. The van der Waals surface area contributed by atoms with E-state index in [1.54, 1.807) is 36.4 Å². The van der Waals surface area contributed by atoms with Gasteiger partial charge in [0.05, 0.1) is 5.56 Å². The topological polar surface area (TPSA) is 98.3 Å². The quantitative estimate of drug-likeness (QED) is 0.365. The maximum Gasteiger partial charge on any atom is 0.416 e. The number of amides is 2. The van der Waals surface area contributed by atoms with Crippen LogP contribution in [0.1, 0.15) is 34.3 Å². The molecule has 0 aromatic heterocycles. The van der Waals surface area contributed by atoms with Crippen molar-refractivity contribution in [2.24, 2.45) is 10.9 Å². The van der Waals surface area contributed by atoms with Crippen molar-refractivity contribution in [3.05, 3.63) is 83.2 Å². The summed E-state index contributed by atoms with van der Waals surface area (Å²) in [5.41, 5.74) is -0.183. The number of benzene rings is 3. The molecule has 0 radical (unpaired) electrons. The highest BCUT2D eigenvalue weighted by molar-refractivity contribution is 6.13. The maximum atomic E-state index is 14.0. The molecule has 3 N–H and O–H groups in total. The first kappa shape index (κ1) is 29.6. The molecule has 1 aliphatic carbocycles. The van der Waals surface area contributed by atoms with E-state index in [-0.39, 0.29) is 36.3 Å². The lowest BCUT2D eigenvalue weighted by Gasteiger charge is -2.33. The minimum Gasteiger partial charge on any atom is -0.439 e. The summed E-state index contributed by atoms with van der Waals surface area (Å²) in [5.74, 6) is 0.826. The van der Waals surface area contributed by atoms with Crippen LogP contribution in [-0.2, 0) is 17.5 Å². The largest absolute Gasteiger partial charge is 0.439 e. The van der Waals surface area contributed by atoms with Gasteiger partial charge in [0.1, 0.15) is 18.2 Å². The van der Waals surface area contributed by atoms with E-state index in [1.165, 1.54) is 12.1 Å². The van der Waals surface area contributed by atoms with Gasteiger partial charge in [-0.3, -0.25) is 14.5 Å². The van der Waals surface area contributed by atoms with Gasteiger partial charge in [-0.2, -0.15) is 13.2 Å². The Morgan fingerprint density at radius 3 is 2.57 bits per heavy atom. The highest BCUT2D eigenvalue weighted by Crippen LogP contribution is 2.35. The van der Waals surface area contributed by atoms with Crippen molar-refractivity contribution in [2.75, 3.05) is 45.2 Å². The van der Waals surface area contributed by atoms with Crippen LogP contribution in [-0.4, -0.2) is 67.4 Å². The van der Waals surface area contributed by atoms with Crippen LogP contribution in [0.4, 0.5) is 18.9 Å². The number of fused-ring (bicyclic) bond motifs is 1. The number of rotatable bonds is 7. The molecule has 0 bridgehead atoms. The molecule has 9 nitrogen and oxygen atoms in total. The predicted octanol–water partition coefficient (Wildman–Crippen LogP) is 4.56. The van der Waals surface area contributed by atoms with Gasteiger partial charge in [-0.1, -0.05) is 18.2 Å². The number of hydrogen-bond acceptors (Lipinski definition) is 7. The Hall–Kier alpha value is -4.42. The van der Waals surface area contributed by atoms with Gasteiger partial charge in [0, 0.05) is 56.0 Å². The number of anilines is 1. The zero-order valence-electron chi connectivity index (χ0n) is 24.2. The van der Waals surface area contributed by atoms with Gasteiger partial charge >= 0.3 is 6.18 Å². The van der Waals surface area contributed by atoms with Crippen LogP contribution in [0.25, 0.3) is 10.8 Å². The van der Waals surface area contributed by atoms with Crippen LogP contribution < -0.4 is 20.7 Å². The smallest absolute Gasteiger partial charge is 0.416 e. The molecule has 2 amide bonds. The SMILES string of the molecule is CN1CCN(Cc2ccc(NC(=O)c3cccc4cc(OC5=NCNC(NC(=O)C6CC6)=C5)ccc34)cc2C(F)(F)F)CC1. The lowest BCUT2D eigenvalue weighted by Crippen LogP contribution is -2.44. The van der Waals surface area contributed by atoms with Crippen LogP contribution in [0.5, 0.6) is 5.75 Å². The van der Waals surface area contributed by atoms with Crippen LogP contribution >= 0.6 is 0 Å². The molecule has 3 aliphatic rings. The van der Waals surface area contributed by atoms with E-state index in [2.05, 4.69) is 25.8 Å². The summed E-state index contributed by atoms with van der Waals surface area (Å²) in [6.45, 7) is 3.44. The molecule has 230 valence electrons. The number of hydrogen-bond donors (Lipinski definition) is 3. The predicted molar refractivity (Wildman–Crippen MR) is 161 cm³/mol. The van der Waals surface area contributed by atoms with Gasteiger partial charge in [0.2, 0.25) is 11.8 Å². The number of alkyl halides is 3. The number of nitrogens with zero attached hydrogens (tertiary/aromatic N) is 3. The van der Waals surface area contributed by atoms with E-state index < -0.39 is 17.6 Å². The normalized spacial score (nSPS) is 17.8. The lowest BCUT2D eigenvalue weighted by molar-refractivity contribution is -0.138. The van der Waals surface area contributed by atoms with Gasteiger partial charge in [-0.15, -0.1) is 0 Å². The van der Waals surface area contributed by atoms with E-state index in [4.69, 9.17) is 4.74 Å². The molecule has 3 aromatic rings. The molecule has 44 heavy (non-hydrogen) atoms. The van der Waals surface area contributed by atoms with Crippen molar-refractivity contribution < 1.29 is 27.5 Å². The van der Waals surface area contributed by atoms with Gasteiger partial charge in [-0.25, -0.2) is 4.99 Å². The first-order chi connectivity index (χ1) is 21.1. The van der Waals surface area contributed by atoms with Crippen molar-refractivity contribution in [2.45, 2.75) is 25.6 Å². The zero-order chi connectivity index (χ0) is 30.8. The third-order valence-electron chi connectivity index (χ3n) is 7.96. The van der Waals surface area contributed by atoms with Gasteiger partial charge in [0.25, 0.3) is 5.91 Å². The summed E-state index contributed by atoms with van der Waals surface area (Å²) in [5, 5.41) is 9.81. The minimum atomic E-state index is -4.56. The summed E-state index contributed by atoms with van der Waals surface area (Å²) < 4.78 is 48.1. The number of piperazine rings is 1. The van der Waals surface area contributed by atoms with Crippen molar-refractivity contribution in [1.29, 1.82) is 0 Å². The third kappa shape index (κ3) is 7.03. The highest BCUT2D eigenvalue weighted by atomic mass is 19.4. The molecule has 2 heterocycles. The summed E-state index contributed by atoms with van der Waals surface area (Å²) in [7, 11) is 2.00. The summed E-state index contributed by atoms with van der Waals surface area (Å²) in [6, 6.07) is 14.3. The molecule has 0 spiro atoms. The number of carbonyl (C=O) groups excluding carboxylic acids is 2. The Balaban J connectivity index is 1.16. The zero-order valence-corrected chi connectivity index (χ0v) is 24.2. The van der Waals surface area contributed by atoms with Crippen LogP contribution in [0, 0.1) is 5.92 Å². The van der Waals surface area contributed by atoms with Gasteiger partial charge in [-0.05, 0) is 72.6 Å². The van der Waals surface area contributed by atoms with E-state index in [1.807, 2.05) is 18.0 Å². The van der Waals surface area contributed by atoms with Crippen LogP contribution in [0.15, 0.2) is 71.5 Å². The molecule has 12 heteroatoms. The molecular weight excluding hydrogens is 573 g/mol. The van der Waals surface area contributed by atoms with E-state index in [9.17, 15) is 22.8 Å². The fourth-order valence-electron chi connectivity index (χ4n) is 5.29. The van der Waals surface area contributed by atoms with E-state index in [0.717, 1.165) is 32.0 Å². The Labute approximate surface area is 252 Å². The van der Waals surface area contributed by atoms with E-state index in [0.29, 0.717) is 46.9 Å². The molecule has 3 aromatic carbocycles. The first-order valence-electron chi connectivity index (χ1n) is 14.6. The maximum absolute atomic E-state index is 14.0. The average molecular weight is 607 g/mol. The number of aliphatic imine (C=N–C) groups is 1. The molecule has 2 aliphatic heterocycles. The summed E-state index contributed by atoms with van der Waals surface area (Å²) >= 11 is 0. The van der Waals surface area contributed by atoms with E-state index >= 15 is 0 Å². The second-order valence-electron chi connectivity index (χ2n) is 11.3. The van der Waals surface area contributed by atoms with Crippen molar-refractivity contribution in [3.63, 3.8) is 0 Å². The van der Waals surface area contributed by atoms with Gasteiger partial charge < -0.3 is 25.6 Å². The molecule has 0 atom stereocenters. The summed E-state index contributed by atoms with van der Waals surface area (Å²) in [4.78, 5) is 33.8. The highest BCUT2D eigenvalue weighted by Gasteiger charge is 2.34. The molecular formula is C32H33F3N6O3. The van der Waals surface area contributed by atoms with Crippen molar-refractivity contribution >= 4 is 34.2 Å². The average Bonchev–Trinajstić information content (AvgIpc) is 3.84. The Morgan fingerprint density at radius 1 is 1.02 bits per heavy atom. The number of likely N-dealkylation sites (N-methyl/N-ethyl adjacent to an activating group) is 1. The number of carbonyl (C=O) groups is 2. The molecule has 6 rings (SSSR count). The first-order valence-corrected chi connectivity index (χ1v) is 14.6. The second-order valence-corrected chi connectivity index (χ2v) is 11.3. The fourth-order valence-corrected chi connectivity index (χ4v) is 5.29. The second kappa shape index (κ2) is 12.3. The van der Waals surface area contributed by atoms with Gasteiger partial charge in [0.15, 0.2) is 0 Å².